The van der Waals surface area contributed by atoms with Gasteiger partial charge in [0.05, 0.1) is 30.0 Å². The number of ether oxygens (including phenoxy) is 2. The van der Waals surface area contributed by atoms with Gasteiger partial charge in [-0.3, -0.25) is 14.7 Å². The molecule has 0 aliphatic carbocycles. The van der Waals surface area contributed by atoms with E-state index in [0.29, 0.717) is 16.9 Å². The van der Waals surface area contributed by atoms with Crippen LogP contribution in [0.1, 0.15) is 27.2 Å². The van der Waals surface area contributed by atoms with Gasteiger partial charge in [-0.05, 0) is 49.7 Å². The minimum Gasteiger partial charge on any atom is -0.452 e. The lowest BCUT2D eigenvalue weighted by atomic mass is 10.1. The van der Waals surface area contributed by atoms with Crippen LogP contribution < -0.4 is 5.32 Å². The number of anilines is 1. The third-order valence-electron chi connectivity index (χ3n) is 5.46. The van der Waals surface area contributed by atoms with Crippen molar-refractivity contribution in [2.45, 2.75) is 20.4 Å². The number of hydrogen-bond acceptors (Lipinski definition) is 6. The first-order valence-corrected chi connectivity index (χ1v) is 10.7. The number of nitrogens with one attached hydrogen (secondary N) is 1. The van der Waals surface area contributed by atoms with Crippen LogP contribution in [0.5, 0.6) is 0 Å². The van der Waals surface area contributed by atoms with Gasteiger partial charge in [0.2, 0.25) is 0 Å². The second kappa shape index (κ2) is 9.89. The van der Waals surface area contributed by atoms with E-state index in [2.05, 4.69) is 15.2 Å². The van der Waals surface area contributed by atoms with Crippen molar-refractivity contribution in [2.75, 3.05) is 38.2 Å². The van der Waals surface area contributed by atoms with Crippen LogP contribution in [-0.4, -0.2) is 54.7 Å². The van der Waals surface area contributed by atoms with Crippen molar-refractivity contribution in [3.8, 4) is 0 Å². The first-order valence-electron chi connectivity index (χ1n) is 10.7. The van der Waals surface area contributed by atoms with Crippen LogP contribution in [0.4, 0.5) is 5.69 Å². The van der Waals surface area contributed by atoms with Gasteiger partial charge in [0.25, 0.3) is 5.91 Å². The zero-order valence-electron chi connectivity index (χ0n) is 18.4. The molecule has 1 fully saturated rings. The van der Waals surface area contributed by atoms with Crippen LogP contribution in [0, 0.1) is 13.8 Å². The van der Waals surface area contributed by atoms with Crippen molar-refractivity contribution < 1.29 is 19.1 Å². The number of pyridine rings is 1. The lowest BCUT2D eigenvalue weighted by molar-refractivity contribution is -0.119. The van der Waals surface area contributed by atoms with Gasteiger partial charge in [-0.1, -0.05) is 23.8 Å². The molecule has 1 amide bonds. The van der Waals surface area contributed by atoms with Gasteiger partial charge in [-0.15, -0.1) is 0 Å². The van der Waals surface area contributed by atoms with E-state index in [1.54, 1.807) is 13.0 Å². The summed E-state index contributed by atoms with van der Waals surface area (Å²) in [5.74, 6) is -0.948. The zero-order chi connectivity index (χ0) is 22.5. The first kappa shape index (κ1) is 21.9. The molecule has 0 saturated carbocycles. The molecule has 0 bridgehead atoms. The molecule has 3 aromatic rings. The van der Waals surface area contributed by atoms with Crippen LogP contribution in [-0.2, 0) is 20.8 Å². The summed E-state index contributed by atoms with van der Waals surface area (Å²) in [7, 11) is 0. The number of carbonyl (C=O) groups excluding carboxylic acids is 2. The Morgan fingerprint density at radius 1 is 1.06 bits per heavy atom. The lowest BCUT2D eigenvalue weighted by Gasteiger charge is -2.26. The second-order valence-electron chi connectivity index (χ2n) is 8.03. The Morgan fingerprint density at radius 3 is 2.56 bits per heavy atom. The number of benzene rings is 2. The quantitative estimate of drug-likeness (QED) is 0.600. The van der Waals surface area contributed by atoms with Gasteiger partial charge >= 0.3 is 5.97 Å². The Kier molecular flexibility index (Phi) is 6.78. The standard InChI is InChI=1S/C25H27N3O4/c1-17-3-8-23-20(13-17)14-22(18(2)26-23)25(30)32-16-24(29)27-21-6-4-19(5-7-21)15-28-9-11-31-12-10-28/h3-8,13-14H,9-12,15-16H2,1-2H3,(H,27,29). The summed E-state index contributed by atoms with van der Waals surface area (Å²) in [4.78, 5) is 31.6. The number of esters is 1. The molecule has 0 unspecified atom stereocenters. The SMILES string of the molecule is Cc1ccc2nc(C)c(C(=O)OCC(=O)Nc3ccc(CN4CCOCC4)cc3)cc2c1. The fraction of sp³-hybridized carbons (Fsp3) is 0.320. The van der Waals surface area contributed by atoms with Crippen LogP contribution >= 0.6 is 0 Å². The minimum absolute atomic E-state index is 0.361. The fourth-order valence-corrected chi connectivity index (χ4v) is 3.72. The summed E-state index contributed by atoms with van der Waals surface area (Å²) in [5, 5.41) is 3.63. The number of fused-ring (bicyclic) bond motifs is 1. The molecule has 1 aliphatic heterocycles. The smallest absolute Gasteiger partial charge is 0.340 e. The number of morpholine rings is 1. The highest BCUT2D eigenvalue weighted by atomic mass is 16.5. The number of carbonyl (C=O) groups is 2. The van der Waals surface area contributed by atoms with Crippen molar-refractivity contribution in [3.05, 3.63) is 70.9 Å². The Bertz CT molecular complexity index is 1120. The first-order chi connectivity index (χ1) is 15.5. The number of rotatable bonds is 6. The summed E-state index contributed by atoms with van der Waals surface area (Å²) < 4.78 is 10.6. The van der Waals surface area contributed by atoms with Crippen LogP contribution in [0.2, 0.25) is 0 Å². The number of hydrogen-bond donors (Lipinski definition) is 1. The largest absolute Gasteiger partial charge is 0.452 e. The molecule has 1 aromatic heterocycles. The molecule has 0 radical (unpaired) electrons. The van der Waals surface area contributed by atoms with Crippen molar-refractivity contribution in [1.82, 2.24) is 9.88 Å². The number of aromatic nitrogens is 1. The molecule has 2 heterocycles. The lowest BCUT2D eigenvalue weighted by Crippen LogP contribution is -2.35. The average molecular weight is 434 g/mol. The predicted molar refractivity (Wildman–Crippen MR) is 123 cm³/mol. The maximum atomic E-state index is 12.5. The molecule has 2 aromatic carbocycles. The van der Waals surface area contributed by atoms with Crippen molar-refractivity contribution in [1.29, 1.82) is 0 Å². The maximum absolute atomic E-state index is 12.5. The molecule has 7 nitrogen and oxygen atoms in total. The fourth-order valence-electron chi connectivity index (χ4n) is 3.72. The van der Waals surface area contributed by atoms with Crippen molar-refractivity contribution >= 4 is 28.5 Å². The van der Waals surface area contributed by atoms with E-state index < -0.39 is 5.97 Å². The van der Waals surface area contributed by atoms with E-state index in [4.69, 9.17) is 9.47 Å². The van der Waals surface area contributed by atoms with E-state index >= 15 is 0 Å². The summed E-state index contributed by atoms with van der Waals surface area (Å²) >= 11 is 0. The van der Waals surface area contributed by atoms with Gasteiger partial charge in [-0.2, -0.15) is 0 Å². The van der Waals surface area contributed by atoms with E-state index in [0.717, 1.165) is 49.3 Å². The summed E-state index contributed by atoms with van der Waals surface area (Å²) in [6, 6.07) is 15.3. The molecule has 0 atom stereocenters. The topological polar surface area (TPSA) is 80.8 Å². The summed E-state index contributed by atoms with van der Waals surface area (Å²) in [6.45, 7) is 7.62. The highest BCUT2D eigenvalue weighted by Gasteiger charge is 2.15. The third kappa shape index (κ3) is 5.49. The molecular formula is C25H27N3O4. The molecule has 32 heavy (non-hydrogen) atoms. The molecule has 4 rings (SSSR count). The number of amides is 1. The Balaban J connectivity index is 1.31. The van der Waals surface area contributed by atoms with E-state index in [9.17, 15) is 9.59 Å². The van der Waals surface area contributed by atoms with Crippen LogP contribution in [0.25, 0.3) is 10.9 Å². The highest BCUT2D eigenvalue weighted by Crippen LogP contribution is 2.19. The Hall–Kier alpha value is -3.29. The van der Waals surface area contributed by atoms with E-state index in [1.807, 2.05) is 49.4 Å². The minimum atomic E-state index is -0.561. The predicted octanol–water partition coefficient (Wildman–Crippen LogP) is 3.48. The molecule has 0 spiro atoms. The Labute approximate surface area is 187 Å². The van der Waals surface area contributed by atoms with Gasteiger partial charge in [-0.25, -0.2) is 4.79 Å². The van der Waals surface area contributed by atoms with Gasteiger partial charge < -0.3 is 14.8 Å². The number of aryl methyl sites for hydroxylation is 2. The molecule has 7 heteroatoms. The van der Waals surface area contributed by atoms with Crippen LogP contribution in [0.3, 0.4) is 0 Å². The third-order valence-corrected chi connectivity index (χ3v) is 5.46. The monoisotopic (exact) mass is 433 g/mol. The van der Waals surface area contributed by atoms with E-state index in [-0.39, 0.29) is 12.5 Å². The molecule has 1 N–H and O–H groups in total. The molecule has 1 aliphatic rings. The van der Waals surface area contributed by atoms with Gasteiger partial charge in [0, 0.05) is 30.7 Å². The molecule has 1 saturated heterocycles. The summed E-state index contributed by atoms with van der Waals surface area (Å²) in [5.41, 5.74) is 4.67. The summed E-state index contributed by atoms with van der Waals surface area (Å²) in [6.07, 6.45) is 0. The second-order valence-corrected chi connectivity index (χ2v) is 8.03. The maximum Gasteiger partial charge on any atom is 0.340 e. The van der Waals surface area contributed by atoms with E-state index in [1.165, 1.54) is 5.56 Å². The van der Waals surface area contributed by atoms with Crippen LogP contribution in [0.15, 0.2) is 48.5 Å². The number of nitrogens with zero attached hydrogens (tertiary/aromatic N) is 2. The highest BCUT2D eigenvalue weighted by molar-refractivity contribution is 5.98. The van der Waals surface area contributed by atoms with Gasteiger partial charge in [0.1, 0.15) is 0 Å². The molecular weight excluding hydrogens is 406 g/mol. The Morgan fingerprint density at radius 2 is 1.81 bits per heavy atom. The van der Waals surface area contributed by atoms with Crippen molar-refractivity contribution in [3.63, 3.8) is 0 Å². The zero-order valence-corrected chi connectivity index (χ0v) is 18.4. The molecule has 166 valence electrons. The van der Waals surface area contributed by atoms with Crippen molar-refractivity contribution in [2.24, 2.45) is 0 Å². The van der Waals surface area contributed by atoms with Gasteiger partial charge in [0.15, 0.2) is 6.61 Å². The average Bonchev–Trinajstić information content (AvgIpc) is 2.79. The normalized spacial score (nSPS) is 14.3.